The maximum Gasteiger partial charge on any atom is 0.177 e. The molecular formula is C23H30N2O. The van der Waals surface area contributed by atoms with Crippen LogP contribution in [0, 0.1) is 34.6 Å². The maximum absolute atomic E-state index is 12.8. The van der Waals surface area contributed by atoms with Gasteiger partial charge in [-0.15, -0.1) is 0 Å². The van der Waals surface area contributed by atoms with Crippen LogP contribution in [0.4, 0.5) is 5.69 Å². The molecule has 0 saturated carbocycles. The molecule has 2 aromatic carbocycles. The molecule has 26 heavy (non-hydrogen) atoms. The number of benzene rings is 2. The van der Waals surface area contributed by atoms with Gasteiger partial charge < -0.3 is 4.90 Å². The smallest absolute Gasteiger partial charge is 0.177 e. The summed E-state index contributed by atoms with van der Waals surface area (Å²) in [6.45, 7) is 14.9. The number of piperazine rings is 1. The summed E-state index contributed by atoms with van der Waals surface area (Å²) in [6.07, 6.45) is 0. The van der Waals surface area contributed by atoms with Crippen molar-refractivity contribution in [2.45, 2.75) is 34.6 Å². The molecule has 0 N–H and O–H groups in total. The third kappa shape index (κ3) is 3.83. The number of hydrogen-bond donors (Lipinski definition) is 0. The highest BCUT2D eigenvalue weighted by molar-refractivity contribution is 5.99. The van der Waals surface area contributed by atoms with Gasteiger partial charge in [-0.05, 0) is 74.6 Å². The summed E-state index contributed by atoms with van der Waals surface area (Å²) in [6, 6.07) is 10.7. The van der Waals surface area contributed by atoms with Crippen molar-refractivity contribution >= 4 is 11.5 Å². The number of rotatable bonds is 4. The predicted octanol–water partition coefficient (Wildman–Crippen LogP) is 4.23. The highest BCUT2D eigenvalue weighted by atomic mass is 16.1. The highest BCUT2D eigenvalue weighted by Gasteiger charge is 2.21. The fourth-order valence-electron chi connectivity index (χ4n) is 3.77. The third-order valence-electron chi connectivity index (χ3n) is 5.80. The zero-order valence-corrected chi connectivity index (χ0v) is 16.7. The van der Waals surface area contributed by atoms with Crippen LogP contribution in [0.2, 0.25) is 0 Å². The van der Waals surface area contributed by atoms with E-state index in [1.54, 1.807) is 0 Å². The number of nitrogens with zero attached hydrogens (tertiary/aromatic N) is 2. The molecule has 0 spiro atoms. The van der Waals surface area contributed by atoms with Gasteiger partial charge in [0.15, 0.2) is 5.78 Å². The Hall–Kier alpha value is -2.13. The summed E-state index contributed by atoms with van der Waals surface area (Å²) >= 11 is 0. The maximum atomic E-state index is 12.8. The van der Waals surface area contributed by atoms with Crippen LogP contribution in [0.3, 0.4) is 0 Å². The number of ketones is 1. The van der Waals surface area contributed by atoms with Crippen LogP contribution < -0.4 is 4.90 Å². The van der Waals surface area contributed by atoms with Crippen molar-refractivity contribution in [3.63, 3.8) is 0 Å². The Morgan fingerprint density at radius 2 is 1.50 bits per heavy atom. The molecule has 0 bridgehead atoms. The van der Waals surface area contributed by atoms with E-state index in [9.17, 15) is 4.79 Å². The molecule has 1 heterocycles. The van der Waals surface area contributed by atoms with Crippen LogP contribution in [0.5, 0.6) is 0 Å². The van der Waals surface area contributed by atoms with E-state index in [2.05, 4.69) is 67.8 Å². The highest BCUT2D eigenvalue weighted by Crippen LogP contribution is 2.24. The van der Waals surface area contributed by atoms with Crippen LogP contribution in [-0.2, 0) is 0 Å². The molecule has 3 rings (SSSR count). The second-order valence-electron chi connectivity index (χ2n) is 7.66. The lowest BCUT2D eigenvalue weighted by Crippen LogP contribution is -2.48. The lowest BCUT2D eigenvalue weighted by atomic mass is 9.98. The Morgan fingerprint density at radius 3 is 2.19 bits per heavy atom. The van der Waals surface area contributed by atoms with Gasteiger partial charge in [-0.3, -0.25) is 9.69 Å². The van der Waals surface area contributed by atoms with E-state index in [0.29, 0.717) is 6.54 Å². The van der Waals surface area contributed by atoms with Gasteiger partial charge in [-0.1, -0.05) is 18.2 Å². The second kappa shape index (κ2) is 7.63. The first-order valence-corrected chi connectivity index (χ1v) is 9.51. The van der Waals surface area contributed by atoms with Crippen LogP contribution in [0.1, 0.15) is 38.2 Å². The van der Waals surface area contributed by atoms with Crippen LogP contribution in [0.25, 0.3) is 0 Å². The first-order valence-electron chi connectivity index (χ1n) is 9.51. The van der Waals surface area contributed by atoms with Crippen molar-refractivity contribution < 1.29 is 4.79 Å². The molecule has 0 amide bonds. The van der Waals surface area contributed by atoms with Crippen molar-refractivity contribution in [1.82, 2.24) is 4.90 Å². The topological polar surface area (TPSA) is 23.6 Å². The normalized spacial score (nSPS) is 15.3. The van der Waals surface area contributed by atoms with E-state index >= 15 is 0 Å². The molecule has 138 valence electrons. The number of Topliss-reactive ketones (excluding diaryl/α,β-unsaturated/α-hetero) is 1. The van der Waals surface area contributed by atoms with Gasteiger partial charge in [0.2, 0.25) is 0 Å². The van der Waals surface area contributed by atoms with Crippen LogP contribution in [-0.4, -0.2) is 43.4 Å². The second-order valence-corrected chi connectivity index (χ2v) is 7.66. The van der Waals surface area contributed by atoms with Gasteiger partial charge in [0.1, 0.15) is 0 Å². The molecule has 3 nitrogen and oxygen atoms in total. The van der Waals surface area contributed by atoms with Gasteiger partial charge in [0.05, 0.1) is 6.54 Å². The molecule has 0 unspecified atom stereocenters. The Kier molecular flexibility index (Phi) is 5.47. The molecule has 3 heteroatoms. The summed E-state index contributed by atoms with van der Waals surface area (Å²) in [5.74, 6) is 0.241. The molecule has 0 radical (unpaired) electrons. The fourth-order valence-corrected chi connectivity index (χ4v) is 3.77. The number of aryl methyl sites for hydroxylation is 4. The Labute approximate surface area is 157 Å². The first-order chi connectivity index (χ1) is 12.4. The lowest BCUT2D eigenvalue weighted by molar-refractivity contribution is 0.0925. The van der Waals surface area contributed by atoms with Crippen molar-refractivity contribution in [2.75, 3.05) is 37.6 Å². The molecule has 1 saturated heterocycles. The lowest BCUT2D eigenvalue weighted by Gasteiger charge is -2.36. The van der Waals surface area contributed by atoms with Gasteiger partial charge >= 0.3 is 0 Å². The summed E-state index contributed by atoms with van der Waals surface area (Å²) in [7, 11) is 0. The van der Waals surface area contributed by atoms with E-state index < -0.39 is 0 Å². The first kappa shape index (κ1) is 18.7. The third-order valence-corrected chi connectivity index (χ3v) is 5.80. The quantitative estimate of drug-likeness (QED) is 0.771. The van der Waals surface area contributed by atoms with E-state index in [1.807, 2.05) is 6.92 Å². The summed E-state index contributed by atoms with van der Waals surface area (Å²) in [4.78, 5) is 17.5. The molecule has 1 aliphatic heterocycles. The van der Waals surface area contributed by atoms with Crippen LogP contribution in [0.15, 0.2) is 30.3 Å². The Bertz CT molecular complexity index is 817. The fraction of sp³-hybridized carbons (Fsp3) is 0.435. The standard InChI is InChI=1S/C23H30N2O/c1-16-7-6-8-22(20(16)5)25-11-9-24(10-12-25)15-23(26)21-14-18(3)17(2)13-19(21)4/h6-8,13-14H,9-12,15H2,1-5H3. The number of anilines is 1. The number of carbonyl (C=O) groups excluding carboxylic acids is 1. The zero-order chi connectivity index (χ0) is 18.8. The molecular weight excluding hydrogens is 320 g/mol. The average molecular weight is 351 g/mol. The van der Waals surface area contributed by atoms with E-state index in [-0.39, 0.29) is 5.78 Å². The summed E-state index contributed by atoms with van der Waals surface area (Å²) in [5.41, 5.74) is 8.45. The Balaban J connectivity index is 1.63. The molecule has 0 atom stereocenters. The van der Waals surface area contributed by atoms with E-state index in [0.717, 1.165) is 37.3 Å². The van der Waals surface area contributed by atoms with Crippen molar-refractivity contribution in [3.8, 4) is 0 Å². The minimum Gasteiger partial charge on any atom is -0.369 e. The molecule has 1 aliphatic rings. The predicted molar refractivity (Wildman–Crippen MR) is 110 cm³/mol. The van der Waals surface area contributed by atoms with E-state index in [4.69, 9.17) is 0 Å². The zero-order valence-electron chi connectivity index (χ0n) is 16.7. The van der Waals surface area contributed by atoms with Crippen LogP contribution >= 0.6 is 0 Å². The summed E-state index contributed by atoms with van der Waals surface area (Å²) < 4.78 is 0. The van der Waals surface area contributed by atoms with Gasteiger partial charge in [-0.25, -0.2) is 0 Å². The largest absolute Gasteiger partial charge is 0.369 e. The minimum atomic E-state index is 0.241. The average Bonchev–Trinajstić information content (AvgIpc) is 2.61. The Morgan fingerprint density at radius 1 is 0.846 bits per heavy atom. The SMILES string of the molecule is Cc1cc(C)c(C(=O)CN2CCN(c3cccc(C)c3C)CC2)cc1C. The molecule has 0 aliphatic carbocycles. The minimum absolute atomic E-state index is 0.241. The van der Waals surface area contributed by atoms with Gasteiger partial charge in [-0.2, -0.15) is 0 Å². The monoisotopic (exact) mass is 350 g/mol. The molecule has 0 aromatic heterocycles. The van der Waals surface area contributed by atoms with Crippen molar-refractivity contribution in [2.24, 2.45) is 0 Å². The number of hydrogen-bond acceptors (Lipinski definition) is 3. The van der Waals surface area contributed by atoms with E-state index in [1.165, 1.54) is 27.9 Å². The molecule has 2 aromatic rings. The summed E-state index contributed by atoms with van der Waals surface area (Å²) in [5, 5.41) is 0. The van der Waals surface area contributed by atoms with Crippen molar-refractivity contribution in [3.05, 3.63) is 63.7 Å². The molecule has 1 fully saturated rings. The van der Waals surface area contributed by atoms with Gasteiger partial charge in [0.25, 0.3) is 0 Å². The number of carbonyl (C=O) groups is 1. The van der Waals surface area contributed by atoms with Gasteiger partial charge in [0, 0.05) is 37.4 Å². The van der Waals surface area contributed by atoms with Crippen molar-refractivity contribution in [1.29, 1.82) is 0 Å².